The molecule has 0 aliphatic carbocycles. The molecular formula is C17H28N4O3S. The summed E-state index contributed by atoms with van der Waals surface area (Å²) in [4.78, 5) is 6.79. The standard InChI is InChI=1S/C17H28N4O3S/c1-14-4-3-10-21(13-14)17(18)19-12-15-5-7-16(8-6-15)25(22,23)20-9-11-24-2/h5-8,14,20H,3-4,9-13H2,1-2H3,(H2,18,19). The number of hydrogen-bond donors (Lipinski definition) is 2. The van der Waals surface area contributed by atoms with Gasteiger partial charge < -0.3 is 15.4 Å². The Balaban J connectivity index is 1.94. The quantitative estimate of drug-likeness (QED) is 0.428. The third-order valence-corrected chi connectivity index (χ3v) is 5.71. The third-order valence-electron chi connectivity index (χ3n) is 4.24. The lowest BCUT2D eigenvalue weighted by Gasteiger charge is -2.31. The van der Waals surface area contributed by atoms with Crippen LogP contribution in [0.15, 0.2) is 34.2 Å². The van der Waals surface area contributed by atoms with Crippen molar-refractivity contribution in [1.82, 2.24) is 9.62 Å². The molecule has 1 aliphatic rings. The van der Waals surface area contributed by atoms with E-state index in [2.05, 4.69) is 21.5 Å². The first-order chi connectivity index (χ1) is 11.9. The van der Waals surface area contributed by atoms with Crippen LogP contribution >= 0.6 is 0 Å². The van der Waals surface area contributed by atoms with Gasteiger partial charge in [-0.2, -0.15) is 0 Å². The lowest BCUT2D eigenvalue weighted by molar-refractivity contribution is 0.204. The summed E-state index contributed by atoms with van der Waals surface area (Å²) in [6, 6.07) is 6.69. The maximum absolute atomic E-state index is 12.1. The predicted octanol–water partition coefficient (Wildman–Crippen LogP) is 1.16. The maximum atomic E-state index is 12.1. The lowest BCUT2D eigenvalue weighted by Crippen LogP contribution is -2.43. The number of sulfonamides is 1. The number of piperidine rings is 1. The van der Waals surface area contributed by atoms with Crippen molar-refractivity contribution >= 4 is 16.0 Å². The highest BCUT2D eigenvalue weighted by Crippen LogP contribution is 2.15. The topological polar surface area (TPSA) is 97.0 Å². The van der Waals surface area contributed by atoms with E-state index in [1.54, 1.807) is 24.3 Å². The number of benzene rings is 1. The number of rotatable bonds is 7. The Morgan fingerprint density at radius 3 is 2.76 bits per heavy atom. The van der Waals surface area contributed by atoms with Crippen LogP contribution in [0.2, 0.25) is 0 Å². The zero-order valence-electron chi connectivity index (χ0n) is 14.9. The molecule has 1 unspecified atom stereocenters. The molecule has 3 N–H and O–H groups in total. The minimum atomic E-state index is -3.50. The molecule has 1 aromatic rings. The Morgan fingerprint density at radius 1 is 1.40 bits per heavy atom. The molecule has 25 heavy (non-hydrogen) atoms. The van der Waals surface area contributed by atoms with Crippen molar-refractivity contribution in [2.24, 2.45) is 16.6 Å². The van der Waals surface area contributed by atoms with Crippen molar-refractivity contribution in [3.63, 3.8) is 0 Å². The van der Waals surface area contributed by atoms with E-state index in [0.29, 0.717) is 25.0 Å². The molecule has 0 amide bonds. The molecule has 2 rings (SSSR count). The van der Waals surface area contributed by atoms with Gasteiger partial charge in [-0.1, -0.05) is 19.1 Å². The number of methoxy groups -OCH3 is 1. The van der Waals surface area contributed by atoms with Crippen molar-refractivity contribution in [2.75, 3.05) is 33.4 Å². The van der Waals surface area contributed by atoms with Gasteiger partial charge in [0.05, 0.1) is 18.0 Å². The van der Waals surface area contributed by atoms with Gasteiger partial charge in [-0.15, -0.1) is 0 Å². The second kappa shape index (κ2) is 9.17. The van der Waals surface area contributed by atoms with Crippen molar-refractivity contribution < 1.29 is 13.2 Å². The Labute approximate surface area is 150 Å². The number of guanidine groups is 1. The van der Waals surface area contributed by atoms with Gasteiger partial charge in [-0.3, -0.25) is 0 Å². The average Bonchev–Trinajstić information content (AvgIpc) is 2.60. The minimum Gasteiger partial charge on any atom is -0.383 e. The van der Waals surface area contributed by atoms with Crippen LogP contribution in [0, 0.1) is 5.92 Å². The van der Waals surface area contributed by atoms with E-state index in [9.17, 15) is 8.42 Å². The van der Waals surface area contributed by atoms with Crippen LogP contribution in [0.5, 0.6) is 0 Å². The molecule has 1 saturated heterocycles. The summed E-state index contributed by atoms with van der Waals surface area (Å²) in [7, 11) is -1.97. The number of aliphatic imine (C=N–C) groups is 1. The second-order valence-corrected chi connectivity index (χ2v) is 8.17. The Bertz CT molecular complexity index is 674. The zero-order chi connectivity index (χ0) is 18.3. The number of ether oxygens (including phenoxy) is 1. The molecule has 0 bridgehead atoms. The predicted molar refractivity (Wildman–Crippen MR) is 98.8 cm³/mol. The van der Waals surface area contributed by atoms with E-state index in [1.165, 1.54) is 13.5 Å². The fourth-order valence-electron chi connectivity index (χ4n) is 2.81. The van der Waals surface area contributed by atoms with Crippen LogP contribution in [0.3, 0.4) is 0 Å². The van der Waals surface area contributed by atoms with Crippen molar-refractivity contribution in [2.45, 2.75) is 31.2 Å². The SMILES string of the molecule is COCCNS(=O)(=O)c1ccc(CN=C(N)N2CCCC(C)C2)cc1. The summed E-state index contributed by atoms with van der Waals surface area (Å²) < 4.78 is 31.5. The van der Waals surface area contributed by atoms with Crippen LogP contribution in [0.25, 0.3) is 0 Å². The molecule has 140 valence electrons. The largest absolute Gasteiger partial charge is 0.383 e. The molecule has 1 heterocycles. The zero-order valence-corrected chi connectivity index (χ0v) is 15.8. The van der Waals surface area contributed by atoms with Gasteiger partial charge >= 0.3 is 0 Å². The molecule has 1 aromatic carbocycles. The average molecular weight is 369 g/mol. The van der Waals surface area contributed by atoms with Gasteiger partial charge in [0.25, 0.3) is 0 Å². The van der Waals surface area contributed by atoms with Gasteiger partial charge in [0.2, 0.25) is 10.0 Å². The minimum absolute atomic E-state index is 0.231. The molecule has 0 aromatic heterocycles. The van der Waals surface area contributed by atoms with Crippen LogP contribution < -0.4 is 10.5 Å². The van der Waals surface area contributed by atoms with E-state index in [1.807, 2.05) is 0 Å². The van der Waals surface area contributed by atoms with Crippen LogP contribution in [0.4, 0.5) is 0 Å². The van der Waals surface area contributed by atoms with E-state index < -0.39 is 10.0 Å². The molecule has 1 atom stereocenters. The molecule has 1 aliphatic heterocycles. The van der Waals surface area contributed by atoms with E-state index in [-0.39, 0.29) is 11.4 Å². The first kappa shape index (κ1) is 19.7. The maximum Gasteiger partial charge on any atom is 0.240 e. The highest BCUT2D eigenvalue weighted by atomic mass is 32.2. The molecule has 7 nitrogen and oxygen atoms in total. The molecule has 8 heteroatoms. The fourth-order valence-corrected chi connectivity index (χ4v) is 3.82. The lowest BCUT2D eigenvalue weighted by atomic mass is 10.0. The molecular weight excluding hydrogens is 340 g/mol. The van der Waals surface area contributed by atoms with Crippen LogP contribution in [-0.4, -0.2) is 52.6 Å². The van der Waals surface area contributed by atoms with Gasteiger partial charge in [0.1, 0.15) is 0 Å². The second-order valence-electron chi connectivity index (χ2n) is 6.40. The summed E-state index contributed by atoms with van der Waals surface area (Å²) in [5.41, 5.74) is 7.00. The molecule has 1 fully saturated rings. The van der Waals surface area contributed by atoms with Crippen molar-refractivity contribution in [3.05, 3.63) is 29.8 Å². The normalized spacial score (nSPS) is 19.2. The number of nitrogens with two attached hydrogens (primary N) is 1. The third kappa shape index (κ3) is 5.98. The number of hydrogen-bond acceptors (Lipinski definition) is 4. The Hall–Kier alpha value is -1.64. The fraction of sp³-hybridized carbons (Fsp3) is 0.588. The number of nitrogens with zero attached hydrogens (tertiary/aromatic N) is 2. The van der Waals surface area contributed by atoms with E-state index in [0.717, 1.165) is 25.1 Å². The molecule has 0 spiro atoms. The van der Waals surface area contributed by atoms with Crippen molar-refractivity contribution in [3.8, 4) is 0 Å². The molecule has 0 radical (unpaired) electrons. The van der Waals surface area contributed by atoms with Crippen LogP contribution in [0.1, 0.15) is 25.3 Å². The summed E-state index contributed by atoms with van der Waals surface area (Å²) >= 11 is 0. The summed E-state index contributed by atoms with van der Waals surface area (Å²) in [6.45, 7) is 5.13. The van der Waals surface area contributed by atoms with Crippen molar-refractivity contribution in [1.29, 1.82) is 0 Å². The van der Waals surface area contributed by atoms with Crippen LogP contribution in [-0.2, 0) is 21.3 Å². The number of likely N-dealkylation sites (tertiary alicyclic amines) is 1. The van der Waals surface area contributed by atoms with Gasteiger partial charge in [0, 0.05) is 26.7 Å². The summed E-state index contributed by atoms with van der Waals surface area (Å²) in [5.74, 6) is 1.20. The smallest absolute Gasteiger partial charge is 0.240 e. The summed E-state index contributed by atoms with van der Waals surface area (Å²) in [5, 5.41) is 0. The highest BCUT2D eigenvalue weighted by Gasteiger charge is 2.17. The highest BCUT2D eigenvalue weighted by molar-refractivity contribution is 7.89. The number of nitrogens with one attached hydrogen (secondary N) is 1. The van der Waals surface area contributed by atoms with Gasteiger partial charge in [-0.25, -0.2) is 18.1 Å². The van der Waals surface area contributed by atoms with E-state index in [4.69, 9.17) is 10.5 Å². The monoisotopic (exact) mass is 368 g/mol. The molecule has 0 saturated carbocycles. The van der Waals surface area contributed by atoms with Gasteiger partial charge in [-0.05, 0) is 36.5 Å². The van der Waals surface area contributed by atoms with E-state index >= 15 is 0 Å². The Morgan fingerprint density at radius 2 is 2.12 bits per heavy atom. The first-order valence-corrected chi connectivity index (χ1v) is 10.0. The van der Waals surface area contributed by atoms with Gasteiger partial charge in [0.15, 0.2) is 5.96 Å². The summed E-state index contributed by atoms with van der Waals surface area (Å²) in [6.07, 6.45) is 2.37. The first-order valence-electron chi connectivity index (χ1n) is 8.55. The Kier molecular flexibility index (Phi) is 7.22.